The van der Waals surface area contributed by atoms with Gasteiger partial charge < -0.3 is 16.4 Å². The molecule has 2 rings (SSSR count). The van der Waals surface area contributed by atoms with E-state index in [0.717, 1.165) is 40.2 Å². The number of pyridine rings is 1. The zero-order valence-corrected chi connectivity index (χ0v) is 16.7. The predicted molar refractivity (Wildman–Crippen MR) is 113 cm³/mol. The van der Waals surface area contributed by atoms with Gasteiger partial charge in [0, 0.05) is 41.6 Å². The topological polar surface area (TPSA) is 80.0 Å². The number of anilines is 1. The van der Waals surface area contributed by atoms with E-state index < -0.39 is 0 Å². The van der Waals surface area contributed by atoms with Crippen molar-refractivity contribution < 1.29 is 4.79 Å². The molecule has 1 unspecified atom stereocenters. The number of carbonyl (C=O) groups excluding carboxylic acids is 1. The van der Waals surface area contributed by atoms with Gasteiger partial charge in [0.15, 0.2) is 0 Å². The van der Waals surface area contributed by atoms with E-state index in [9.17, 15) is 4.79 Å². The molecule has 0 bridgehead atoms. The molecule has 5 heteroatoms. The molecule has 5 nitrogen and oxygen atoms in total. The first-order valence-electron chi connectivity index (χ1n) is 9.44. The average Bonchev–Trinajstić information content (AvgIpc) is 2.65. The van der Waals surface area contributed by atoms with Gasteiger partial charge in [-0.25, -0.2) is 4.98 Å². The lowest BCUT2D eigenvalue weighted by Crippen LogP contribution is -2.26. The van der Waals surface area contributed by atoms with Crippen molar-refractivity contribution in [3.05, 3.63) is 65.0 Å². The summed E-state index contributed by atoms with van der Waals surface area (Å²) >= 11 is 0. The molecule has 4 N–H and O–H groups in total. The van der Waals surface area contributed by atoms with E-state index in [1.165, 1.54) is 0 Å². The second-order valence-electron chi connectivity index (χ2n) is 6.83. The number of hydrogen-bond acceptors (Lipinski definition) is 4. The SMILES string of the molecule is C=C(NC(C)CC)c1cc(Cc2cccc(N)c2C)nc(C(=O)NCC)c1. The number of nitrogen functional groups attached to an aromatic ring is 1. The van der Waals surface area contributed by atoms with Crippen LogP contribution in [0.1, 0.15) is 60.1 Å². The minimum atomic E-state index is -0.179. The number of nitrogens with two attached hydrogens (primary N) is 1. The van der Waals surface area contributed by atoms with Crippen molar-refractivity contribution >= 4 is 17.3 Å². The third-order valence-corrected chi connectivity index (χ3v) is 4.69. The van der Waals surface area contributed by atoms with Gasteiger partial charge in [-0.2, -0.15) is 0 Å². The fourth-order valence-electron chi connectivity index (χ4n) is 2.79. The zero-order valence-electron chi connectivity index (χ0n) is 16.7. The van der Waals surface area contributed by atoms with Gasteiger partial charge in [0.2, 0.25) is 0 Å². The van der Waals surface area contributed by atoms with E-state index >= 15 is 0 Å². The Morgan fingerprint density at radius 2 is 2.04 bits per heavy atom. The van der Waals surface area contributed by atoms with Crippen LogP contribution in [0.25, 0.3) is 5.70 Å². The van der Waals surface area contributed by atoms with Crippen molar-refractivity contribution in [1.82, 2.24) is 15.6 Å². The monoisotopic (exact) mass is 366 g/mol. The number of benzene rings is 1. The van der Waals surface area contributed by atoms with Crippen molar-refractivity contribution in [2.24, 2.45) is 0 Å². The molecule has 0 aliphatic heterocycles. The lowest BCUT2D eigenvalue weighted by molar-refractivity contribution is 0.0950. The second-order valence-corrected chi connectivity index (χ2v) is 6.83. The van der Waals surface area contributed by atoms with Crippen molar-refractivity contribution in [3.63, 3.8) is 0 Å². The second kappa shape index (κ2) is 9.21. The molecule has 1 atom stereocenters. The molecule has 0 radical (unpaired) electrons. The van der Waals surface area contributed by atoms with Gasteiger partial charge in [-0.05, 0) is 56.5 Å². The summed E-state index contributed by atoms with van der Waals surface area (Å²) in [5, 5.41) is 6.20. The smallest absolute Gasteiger partial charge is 0.269 e. The minimum Gasteiger partial charge on any atom is -0.399 e. The first-order valence-corrected chi connectivity index (χ1v) is 9.44. The van der Waals surface area contributed by atoms with Gasteiger partial charge in [-0.3, -0.25) is 4.79 Å². The molecule has 1 heterocycles. The highest BCUT2D eigenvalue weighted by molar-refractivity contribution is 5.93. The number of nitrogens with one attached hydrogen (secondary N) is 2. The van der Waals surface area contributed by atoms with E-state index in [1.807, 2.05) is 38.1 Å². The number of aromatic nitrogens is 1. The predicted octanol–water partition coefficient (Wildman–Crippen LogP) is 3.67. The highest BCUT2D eigenvalue weighted by atomic mass is 16.1. The van der Waals surface area contributed by atoms with Crippen molar-refractivity contribution in [1.29, 1.82) is 0 Å². The Hall–Kier alpha value is -2.82. The largest absolute Gasteiger partial charge is 0.399 e. The first-order chi connectivity index (χ1) is 12.8. The van der Waals surface area contributed by atoms with Crippen LogP contribution in [0.3, 0.4) is 0 Å². The van der Waals surface area contributed by atoms with Gasteiger partial charge in [0.25, 0.3) is 5.91 Å². The molecule has 0 aliphatic rings. The molecular weight excluding hydrogens is 336 g/mol. The molecule has 0 spiro atoms. The number of carbonyl (C=O) groups is 1. The van der Waals surface area contributed by atoms with Crippen LogP contribution >= 0.6 is 0 Å². The average molecular weight is 367 g/mol. The maximum atomic E-state index is 12.4. The van der Waals surface area contributed by atoms with Crippen LogP contribution in [0.2, 0.25) is 0 Å². The highest BCUT2D eigenvalue weighted by Crippen LogP contribution is 2.21. The molecule has 2 aromatic rings. The van der Waals surface area contributed by atoms with Crippen LogP contribution in [0.4, 0.5) is 5.69 Å². The number of hydrogen-bond donors (Lipinski definition) is 3. The fraction of sp³-hybridized carbons (Fsp3) is 0.364. The zero-order chi connectivity index (χ0) is 20.0. The van der Waals surface area contributed by atoms with E-state index in [4.69, 9.17) is 5.73 Å². The molecule has 1 aromatic carbocycles. The molecule has 0 saturated carbocycles. The number of rotatable bonds is 8. The van der Waals surface area contributed by atoms with Crippen LogP contribution in [0.5, 0.6) is 0 Å². The van der Waals surface area contributed by atoms with E-state index in [2.05, 4.69) is 36.0 Å². The summed E-state index contributed by atoms with van der Waals surface area (Å²) in [5.74, 6) is -0.179. The normalized spacial score (nSPS) is 11.7. The van der Waals surface area contributed by atoms with Crippen molar-refractivity contribution in [2.45, 2.75) is 46.6 Å². The van der Waals surface area contributed by atoms with Gasteiger partial charge >= 0.3 is 0 Å². The van der Waals surface area contributed by atoms with Crippen LogP contribution in [-0.4, -0.2) is 23.5 Å². The molecule has 144 valence electrons. The van der Waals surface area contributed by atoms with Gasteiger partial charge in [0.1, 0.15) is 5.69 Å². The maximum Gasteiger partial charge on any atom is 0.269 e. The minimum absolute atomic E-state index is 0.179. The quantitative estimate of drug-likeness (QED) is 0.623. The van der Waals surface area contributed by atoms with Crippen LogP contribution in [-0.2, 0) is 6.42 Å². The number of nitrogens with zero attached hydrogens (tertiary/aromatic N) is 1. The van der Waals surface area contributed by atoms with Crippen molar-refractivity contribution in [3.8, 4) is 0 Å². The summed E-state index contributed by atoms with van der Waals surface area (Å²) in [5.41, 5.74) is 11.8. The van der Waals surface area contributed by atoms with Gasteiger partial charge in [0.05, 0.1) is 0 Å². The molecule has 0 aliphatic carbocycles. The molecule has 27 heavy (non-hydrogen) atoms. The third-order valence-electron chi connectivity index (χ3n) is 4.69. The molecule has 1 amide bonds. The number of amides is 1. The Kier molecular flexibility index (Phi) is 6.99. The van der Waals surface area contributed by atoms with Gasteiger partial charge in [-0.15, -0.1) is 0 Å². The summed E-state index contributed by atoms with van der Waals surface area (Å²) < 4.78 is 0. The Morgan fingerprint density at radius 3 is 2.70 bits per heavy atom. The lowest BCUT2D eigenvalue weighted by atomic mass is 10.0. The van der Waals surface area contributed by atoms with Crippen molar-refractivity contribution in [2.75, 3.05) is 12.3 Å². The standard InChI is InChI=1S/C22H30N4O/c1-6-14(3)25-16(5)18-12-19(26-21(13-18)22(27)24-7-2)11-17-9-8-10-20(23)15(17)4/h8-10,12-14,25H,5-7,11,23H2,1-4H3,(H,24,27). The van der Waals surface area contributed by atoms with Crippen LogP contribution in [0, 0.1) is 6.92 Å². The van der Waals surface area contributed by atoms with E-state index in [0.29, 0.717) is 24.7 Å². The summed E-state index contributed by atoms with van der Waals surface area (Å²) in [4.78, 5) is 17.0. The van der Waals surface area contributed by atoms with Gasteiger partial charge in [-0.1, -0.05) is 25.6 Å². The summed E-state index contributed by atoms with van der Waals surface area (Å²) in [6.07, 6.45) is 1.59. The molecule has 0 saturated heterocycles. The van der Waals surface area contributed by atoms with E-state index in [1.54, 1.807) is 6.07 Å². The Morgan fingerprint density at radius 1 is 1.30 bits per heavy atom. The summed E-state index contributed by atoms with van der Waals surface area (Å²) in [6.45, 7) is 12.8. The third kappa shape index (κ3) is 5.33. The maximum absolute atomic E-state index is 12.4. The van der Waals surface area contributed by atoms with Crippen LogP contribution in [0.15, 0.2) is 36.9 Å². The first kappa shape index (κ1) is 20.5. The summed E-state index contributed by atoms with van der Waals surface area (Å²) in [7, 11) is 0. The fourth-order valence-corrected chi connectivity index (χ4v) is 2.79. The molecule has 0 fully saturated rings. The Bertz CT molecular complexity index is 829. The van der Waals surface area contributed by atoms with Crippen LogP contribution < -0.4 is 16.4 Å². The highest BCUT2D eigenvalue weighted by Gasteiger charge is 2.14. The Labute approximate surface area is 162 Å². The molecule has 1 aromatic heterocycles. The Balaban J connectivity index is 2.41. The lowest BCUT2D eigenvalue weighted by Gasteiger charge is -2.17. The van der Waals surface area contributed by atoms with E-state index in [-0.39, 0.29) is 5.91 Å². The summed E-state index contributed by atoms with van der Waals surface area (Å²) in [6, 6.07) is 9.95. The molecular formula is C22H30N4O.